The zero-order valence-corrected chi connectivity index (χ0v) is 6.87. The zero-order chi connectivity index (χ0) is 12.3. The fourth-order valence-corrected chi connectivity index (χ4v) is 0.410. The summed E-state index contributed by atoms with van der Waals surface area (Å²) in [4.78, 5) is 0. The molecule has 0 bridgehead atoms. The number of hydrogen-bond acceptors (Lipinski definition) is 3. The smallest absolute Gasteiger partial charge is 0.464 e. The molecule has 15 heavy (non-hydrogen) atoms. The molecule has 0 saturated heterocycles. The Morgan fingerprint density at radius 2 is 1.27 bits per heavy atom. The summed E-state index contributed by atoms with van der Waals surface area (Å²) in [5, 5.41) is 0. The van der Waals surface area contributed by atoms with Gasteiger partial charge in [0.05, 0.1) is 7.11 Å². The Hall–Kier alpha value is -1.35. The van der Waals surface area contributed by atoms with Gasteiger partial charge in [0, 0.05) is 0 Å². The molecule has 0 rings (SSSR count). The first-order chi connectivity index (χ1) is 6.55. The van der Waals surface area contributed by atoms with Gasteiger partial charge in [-0.3, -0.25) is 0 Å². The van der Waals surface area contributed by atoms with Crippen LogP contribution >= 0.6 is 0 Å². The van der Waals surface area contributed by atoms with E-state index in [2.05, 4.69) is 14.2 Å². The molecule has 0 heterocycles. The average Bonchev–Trinajstić information content (AvgIpc) is 1.94. The summed E-state index contributed by atoms with van der Waals surface area (Å²) in [5.41, 5.74) is 0. The molecule has 0 aromatic rings. The molecule has 0 aromatic heterocycles. The third kappa shape index (κ3) is 6.69. The highest BCUT2D eigenvalue weighted by atomic mass is 19.4. The van der Waals surface area contributed by atoms with Crippen LogP contribution in [0.25, 0.3) is 0 Å². The van der Waals surface area contributed by atoms with Gasteiger partial charge in [0.25, 0.3) is 0 Å². The predicted molar refractivity (Wildman–Crippen MR) is 29.4 cm³/mol. The minimum atomic E-state index is -5.48. The average molecular weight is 244 g/mol. The molecule has 0 spiro atoms. The zero-order valence-electron chi connectivity index (χ0n) is 6.87. The van der Waals surface area contributed by atoms with Gasteiger partial charge in [0.2, 0.25) is 0 Å². The van der Waals surface area contributed by atoms with Crippen LogP contribution in [0.2, 0.25) is 0 Å². The molecule has 3 nitrogen and oxygen atoms in total. The molecule has 0 atom stereocenters. The Morgan fingerprint density at radius 3 is 1.53 bits per heavy atom. The lowest BCUT2D eigenvalue weighted by molar-refractivity contribution is -0.340. The van der Waals surface area contributed by atoms with Gasteiger partial charge >= 0.3 is 24.7 Å². The maximum atomic E-state index is 12.3. The first-order valence-corrected chi connectivity index (χ1v) is 3.00. The molecular weight excluding hydrogens is 241 g/mol. The molecule has 0 aliphatic heterocycles. The van der Waals surface area contributed by atoms with Crippen LogP contribution < -0.4 is 0 Å². The number of methoxy groups -OCH3 is 1. The van der Waals surface area contributed by atoms with E-state index in [1.54, 1.807) is 0 Å². The van der Waals surface area contributed by atoms with Crippen LogP contribution in [0.3, 0.4) is 0 Å². The Bertz CT molecular complexity index is 240. The number of alkyl halides is 6. The van der Waals surface area contributed by atoms with Crippen LogP contribution in [0.1, 0.15) is 0 Å². The van der Waals surface area contributed by atoms with E-state index in [0.29, 0.717) is 7.11 Å². The van der Waals surface area contributed by atoms with Crippen LogP contribution in [-0.2, 0) is 14.2 Å². The van der Waals surface area contributed by atoms with Crippen molar-refractivity contribution in [2.45, 2.75) is 12.7 Å². The lowest BCUT2D eigenvalue weighted by Gasteiger charge is -2.12. The van der Waals surface area contributed by atoms with Crippen molar-refractivity contribution in [2.75, 3.05) is 7.11 Å². The first kappa shape index (κ1) is 13.7. The molecule has 10 heteroatoms. The standard InChI is InChI=1S/C5H3F7O3/c1-13-3(15-5(10,11)12)2(6)14-4(7,8)9/h1H3/b3-2+. The monoisotopic (exact) mass is 244 g/mol. The minimum Gasteiger partial charge on any atom is -0.464 e. The van der Waals surface area contributed by atoms with Crippen molar-refractivity contribution in [3.63, 3.8) is 0 Å². The van der Waals surface area contributed by atoms with Crippen LogP contribution in [0.15, 0.2) is 12.0 Å². The van der Waals surface area contributed by atoms with Crippen molar-refractivity contribution in [3.05, 3.63) is 12.0 Å². The molecule has 0 unspecified atom stereocenters. The molecule has 0 aliphatic rings. The van der Waals surface area contributed by atoms with Gasteiger partial charge in [-0.15, -0.1) is 26.3 Å². The summed E-state index contributed by atoms with van der Waals surface area (Å²) >= 11 is 0. The van der Waals surface area contributed by atoms with Crippen LogP contribution in [0.4, 0.5) is 30.7 Å². The fourth-order valence-electron chi connectivity index (χ4n) is 0.410. The van der Waals surface area contributed by atoms with Crippen molar-refractivity contribution in [2.24, 2.45) is 0 Å². The van der Waals surface area contributed by atoms with E-state index in [9.17, 15) is 30.7 Å². The van der Waals surface area contributed by atoms with E-state index in [0.717, 1.165) is 0 Å². The second kappa shape index (κ2) is 4.45. The highest BCUT2D eigenvalue weighted by Gasteiger charge is 2.39. The topological polar surface area (TPSA) is 27.7 Å². The van der Waals surface area contributed by atoms with E-state index in [4.69, 9.17) is 0 Å². The molecule has 0 aliphatic carbocycles. The van der Waals surface area contributed by atoms with Crippen molar-refractivity contribution < 1.29 is 44.9 Å². The Kier molecular flexibility index (Phi) is 4.05. The van der Waals surface area contributed by atoms with Crippen molar-refractivity contribution in [1.29, 1.82) is 0 Å². The lowest BCUT2D eigenvalue weighted by Crippen LogP contribution is -2.18. The summed E-state index contributed by atoms with van der Waals surface area (Å²) in [5.74, 6) is -2.07. The third-order valence-corrected chi connectivity index (χ3v) is 0.760. The van der Waals surface area contributed by atoms with E-state index in [1.807, 2.05) is 0 Å². The SMILES string of the molecule is CO/C(OC(F)(F)F)=C(/F)OC(F)(F)F. The summed E-state index contributed by atoms with van der Waals surface area (Å²) in [6.45, 7) is 0. The molecule has 0 fully saturated rings. The largest absolute Gasteiger partial charge is 0.575 e. The second-order valence-corrected chi connectivity index (χ2v) is 1.86. The van der Waals surface area contributed by atoms with E-state index >= 15 is 0 Å². The fraction of sp³-hybridized carbons (Fsp3) is 0.600. The predicted octanol–water partition coefficient (Wildman–Crippen LogP) is 2.80. The summed E-state index contributed by atoms with van der Waals surface area (Å²) < 4.78 is 89.5. The van der Waals surface area contributed by atoms with Crippen molar-refractivity contribution in [3.8, 4) is 0 Å². The maximum Gasteiger partial charge on any atom is 0.575 e. The highest BCUT2D eigenvalue weighted by Crippen LogP contribution is 2.27. The van der Waals surface area contributed by atoms with Gasteiger partial charge in [-0.25, -0.2) is 0 Å². The summed E-state index contributed by atoms with van der Waals surface area (Å²) in [6, 6.07) is -2.68. The maximum absolute atomic E-state index is 12.3. The molecule has 0 radical (unpaired) electrons. The molecule has 90 valence electrons. The van der Waals surface area contributed by atoms with Crippen molar-refractivity contribution in [1.82, 2.24) is 0 Å². The number of hydrogen-bond donors (Lipinski definition) is 0. The summed E-state index contributed by atoms with van der Waals surface area (Å²) in [7, 11) is 0.473. The second-order valence-electron chi connectivity index (χ2n) is 1.86. The minimum absolute atomic E-state index is 0.473. The first-order valence-electron chi connectivity index (χ1n) is 3.00. The van der Waals surface area contributed by atoms with Gasteiger partial charge in [-0.05, 0) is 0 Å². The number of rotatable bonds is 3. The van der Waals surface area contributed by atoms with Gasteiger partial charge in [0.15, 0.2) is 0 Å². The highest BCUT2D eigenvalue weighted by molar-refractivity contribution is 4.85. The number of halogens is 7. The van der Waals surface area contributed by atoms with Crippen LogP contribution in [0.5, 0.6) is 0 Å². The molecule has 0 N–H and O–H groups in total. The Labute approximate surface area is 78.0 Å². The molecule has 0 aromatic carbocycles. The van der Waals surface area contributed by atoms with Gasteiger partial charge < -0.3 is 14.2 Å². The van der Waals surface area contributed by atoms with E-state index < -0.39 is 24.7 Å². The molecule has 0 amide bonds. The van der Waals surface area contributed by atoms with Crippen molar-refractivity contribution >= 4 is 0 Å². The normalized spacial score (nSPS) is 14.4. The molecular formula is C5H3F7O3. The lowest BCUT2D eigenvalue weighted by atomic mass is 10.9. The van der Waals surface area contributed by atoms with E-state index in [-0.39, 0.29) is 0 Å². The van der Waals surface area contributed by atoms with Gasteiger partial charge in [-0.2, -0.15) is 4.39 Å². The van der Waals surface area contributed by atoms with Gasteiger partial charge in [0.1, 0.15) is 0 Å². The quantitative estimate of drug-likeness (QED) is 0.564. The summed E-state index contributed by atoms with van der Waals surface area (Å²) in [6.07, 6.45) is -10.9. The molecule has 0 saturated carbocycles. The van der Waals surface area contributed by atoms with Gasteiger partial charge in [-0.1, -0.05) is 0 Å². The Morgan fingerprint density at radius 1 is 0.867 bits per heavy atom. The number of ether oxygens (including phenoxy) is 3. The van der Waals surface area contributed by atoms with Crippen LogP contribution in [0, 0.1) is 0 Å². The third-order valence-electron chi connectivity index (χ3n) is 0.760. The van der Waals surface area contributed by atoms with Crippen LogP contribution in [-0.4, -0.2) is 19.8 Å². The Balaban J connectivity index is 4.68. The van der Waals surface area contributed by atoms with E-state index in [1.165, 1.54) is 0 Å².